The summed E-state index contributed by atoms with van der Waals surface area (Å²) in [6.45, 7) is 4.06. The van der Waals surface area contributed by atoms with Gasteiger partial charge in [0, 0.05) is 91.4 Å². The number of carbonyl (C=O) groups is 6. The Morgan fingerprint density at radius 1 is 0.478 bits per heavy atom. The highest BCUT2D eigenvalue weighted by Crippen LogP contribution is 2.42. The average molecular weight is 1250 g/mol. The first-order valence-corrected chi connectivity index (χ1v) is 31.5. The second kappa shape index (κ2) is 30.3. The Morgan fingerprint density at radius 3 is 1.35 bits per heavy atom. The predicted octanol–water partition coefficient (Wildman–Crippen LogP) is 11.5. The number of anilines is 3. The Morgan fingerprint density at radius 2 is 0.902 bits per heavy atom. The number of carbonyl (C=O) groups excluding carboxylic acids is 6. The lowest BCUT2D eigenvalue weighted by atomic mass is 9.98. The van der Waals surface area contributed by atoms with Crippen molar-refractivity contribution < 1.29 is 62.3 Å². The molecule has 3 atom stereocenters. The van der Waals surface area contributed by atoms with Crippen LogP contribution in [-0.2, 0) is 21.0 Å². The van der Waals surface area contributed by atoms with E-state index in [9.17, 15) is 33.9 Å². The van der Waals surface area contributed by atoms with Gasteiger partial charge in [0.05, 0.1) is 45.7 Å². The summed E-state index contributed by atoms with van der Waals surface area (Å²) in [5, 5.41) is 12.2. The van der Waals surface area contributed by atoms with Gasteiger partial charge in [0.15, 0.2) is 34.5 Å². The van der Waals surface area contributed by atoms with Crippen LogP contribution in [0.3, 0.4) is 0 Å². The van der Waals surface area contributed by atoms with E-state index in [1.165, 1.54) is 32.8 Å². The van der Waals surface area contributed by atoms with Gasteiger partial charge in [-0.05, 0) is 178 Å². The molecule has 2 aliphatic carbocycles. The molecule has 6 N–H and O–H groups in total. The molecule has 5 fully saturated rings. The van der Waals surface area contributed by atoms with Gasteiger partial charge in [0.2, 0.25) is 23.6 Å². The number of nitrogens with zero attached hydrogens (tertiary/aromatic N) is 3. The number of para-hydroxylation sites is 1. The Balaban J connectivity index is 0.000000152. The number of benzene rings is 7. The molecule has 480 valence electrons. The van der Waals surface area contributed by atoms with Crippen molar-refractivity contribution in [3.63, 3.8) is 0 Å². The summed E-state index contributed by atoms with van der Waals surface area (Å²) in [5.74, 6) is 3.12. The molecule has 7 aromatic rings. The lowest BCUT2D eigenvalue weighted by Gasteiger charge is -2.20. The zero-order valence-corrected chi connectivity index (χ0v) is 52.5. The van der Waals surface area contributed by atoms with E-state index in [1.807, 2.05) is 90.7 Å². The lowest BCUT2D eigenvalue weighted by molar-refractivity contribution is -0.118. The van der Waals surface area contributed by atoms with Crippen molar-refractivity contribution in [1.82, 2.24) is 5.32 Å². The maximum absolute atomic E-state index is 12.8. The molecule has 0 bridgehead atoms. The van der Waals surface area contributed by atoms with Gasteiger partial charge in [-0.15, -0.1) is 0 Å². The van der Waals surface area contributed by atoms with E-state index in [2.05, 4.69) is 5.32 Å². The van der Waals surface area contributed by atoms with E-state index >= 15 is 0 Å². The van der Waals surface area contributed by atoms with E-state index in [0.29, 0.717) is 79.5 Å². The van der Waals surface area contributed by atoms with Crippen molar-refractivity contribution in [3.05, 3.63) is 191 Å². The first-order chi connectivity index (χ1) is 44.6. The number of amides is 6. The average Bonchev–Trinajstić information content (AvgIpc) is 1.68. The maximum Gasteiger partial charge on any atom is 0.252 e. The van der Waals surface area contributed by atoms with Gasteiger partial charge < -0.3 is 65.0 Å². The number of aliphatic hydroxyl groups is 1. The second-order valence-corrected chi connectivity index (χ2v) is 23.6. The summed E-state index contributed by atoms with van der Waals surface area (Å²) < 4.78 is 34.9. The Kier molecular flexibility index (Phi) is 21.4. The summed E-state index contributed by atoms with van der Waals surface area (Å²) in [6, 6.07) is 45.6. The molecule has 0 spiro atoms. The smallest absolute Gasteiger partial charge is 0.252 e. The van der Waals surface area contributed by atoms with Crippen molar-refractivity contribution in [2.24, 2.45) is 11.5 Å². The molecule has 0 unspecified atom stereocenters. The first kappa shape index (κ1) is 65.1. The minimum absolute atomic E-state index is 0.0281. The monoisotopic (exact) mass is 1250 g/mol. The third kappa shape index (κ3) is 15.6. The SMILES string of the molecule is CCNC(=O)c1cccc(N2C[C@@H](c3ccc(OC)c(OC4CCCC4)c3)CC2=O)c1.COc1ccc([C@H]2CC(=O)N(c3cccc(C(N)=O)c3)C2)cc1Oc1ccccc1C(N)=O.COc1ccc([C@H]2CC(=O)N(c3cccc(CO)c3)C2)cc1OC1CCCC1. The number of primary amides is 2. The van der Waals surface area contributed by atoms with Gasteiger partial charge in [-0.25, -0.2) is 0 Å². The van der Waals surface area contributed by atoms with Crippen LogP contribution in [0.1, 0.15) is 149 Å². The van der Waals surface area contributed by atoms with Crippen LogP contribution < -0.4 is 59.9 Å². The fourth-order valence-electron chi connectivity index (χ4n) is 12.6. The number of nitrogens with two attached hydrogens (primary N) is 2. The molecule has 3 saturated heterocycles. The molecule has 5 aliphatic rings. The van der Waals surface area contributed by atoms with Gasteiger partial charge >= 0.3 is 0 Å². The fourth-order valence-corrected chi connectivity index (χ4v) is 12.6. The number of methoxy groups -OCH3 is 3. The highest BCUT2D eigenvalue weighted by atomic mass is 16.5. The zero-order valence-electron chi connectivity index (χ0n) is 52.5. The second-order valence-electron chi connectivity index (χ2n) is 23.6. The van der Waals surface area contributed by atoms with Crippen LogP contribution in [0.25, 0.3) is 0 Å². The van der Waals surface area contributed by atoms with Gasteiger partial charge in [0.25, 0.3) is 11.8 Å². The molecule has 0 aromatic heterocycles. The summed E-state index contributed by atoms with van der Waals surface area (Å²) in [4.78, 5) is 78.9. The number of rotatable bonds is 20. The lowest BCUT2D eigenvalue weighted by Crippen LogP contribution is -2.26. The molecule has 92 heavy (non-hydrogen) atoms. The van der Waals surface area contributed by atoms with Crippen molar-refractivity contribution >= 4 is 52.5 Å². The molecule has 6 amide bonds. The van der Waals surface area contributed by atoms with Crippen molar-refractivity contribution in [2.45, 2.75) is 114 Å². The molecule has 3 aliphatic heterocycles. The number of nitrogens with one attached hydrogen (secondary N) is 1. The molecular weight excluding hydrogens is 1170 g/mol. The van der Waals surface area contributed by atoms with Crippen molar-refractivity contribution in [1.29, 1.82) is 0 Å². The first-order valence-electron chi connectivity index (χ1n) is 31.5. The van der Waals surface area contributed by atoms with Crippen molar-refractivity contribution in [2.75, 3.05) is 62.2 Å². The third-order valence-electron chi connectivity index (χ3n) is 17.5. The number of aliphatic hydroxyl groups excluding tert-OH is 1. The molecular formula is C73H80N6O13. The molecule has 12 rings (SSSR count). The summed E-state index contributed by atoms with van der Waals surface area (Å²) in [6.07, 6.45) is 10.9. The van der Waals surface area contributed by atoms with Crippen LogP contribution in [0.4, 0.5) is 17.1 Å². The molecule has 19 heteroatoms. The number of hydrogen-bond acceptors (Lipinski definition) is 13. The van der Waals surface area contributed by atoms with E-state index in [4.69, 9.17) is 39.9 Å². The van der Waals surface area contributed by atoms with E-state index in [1.54, 1.807) is 96.8 Å². The third-order valence-corrected chi connectivity index (χ3v) is 17.5. The predicted molar refractivity (Wildman–Crippen MR) is 351 cm³/mol. The van der Waals surface area contributed by atoms with E-state index in [-0.39, 0.29) is 65.8 Å². The van der Waals surface area contributed by atoms with Crippen LogP contribution in [0.2, 0.25) is 0 Å². The van der Waals surface area contributed by atoms with Gasteiger partial charge in [-0.1, -0.05) is 54.6 Å². The maximum atomic E-state index is 12.8. The minimum atomic E-state index is -0.601. The normalized spacial score (nSPS) is 18.0. The minimum Gasteiger partial charge on any atom is -0.493 e. The Labute approximate surface area is 536 Å². The highest BCUT2D eigenvalue weighted by Gasteiger charge is 2.36. The van der Waals surface area contributed by atoms with Crippen LogP contribution in [0.5, 0.6) is 40.2 Å². The fraction of sp³-hybridized carbons (Fsp3) is 0.342. The number of ether oxygens (including phenoxy) is 6. The van der Waals surface area contributed by atoms with Gasteiger partial charge in [0.1, 0.15) is 5.75 Å². The number of hydrogen-bond donors (Lipinski definition) is 4. The van der Waals surface area contributed by atoms with Crippen LogP contribution in [0, 0.1) is 0 Å². The van der Waals surface area contributed by atoms with Crippen LogP contribution in [-0.4, -0.2) is 100 Å². The van der Waals surface area contributed by atoms with E-state index < -0.39 is 11.8 Å². The van der Waals surface area contributed by atoms with E-state index in [0.717, 1.165) is 82.3 Å². The van der Waals surface area contributed by atoms with Crippen LogP contribution in [0.15, 0.2) is 152 Å². The summed E-state index contributed by atoms with van der Waals surface area (Å²) in [7, 11) is 4.83. The Hall–Kier alpha value is -9.88. The summed E-state index contributed by atoms with van der Waals surface area (Å²) >= 11 is 0. The van der Waals surface area contributed by atoms with Gasteiger partial charge in [-0.3, -0.25) is 28.8 Å². The molecule has 0 radical (unpaired) electrons. The van der Waals surface area contributed by atoms with Gasteiger partial charge in [-0.2, -0.15) is 0 Å². The quantitative estimate of drug-likeness (QED) is 0.0555. The molecule has 3 heterocycles. The zero-order chi connectivity index (χ0) is 64.8. The Bertz CT molecular complexity index is 3810. The molecule has 7 aromatic carbocycles. The topological polar surface area (TPSA) is 252 Å². The largest absolute Gasteiger partial charge is 0.493 e. The highest BCUT2D eigenvalue weighted by molar-refractivity contribution is 6.01. The summed E-state index contributed by atoms with van der Waals surface area (Å²) in [5.41, 5.74) is 18.1. The molecule has 2 saturated carbocycles. The van der Waals surface area contributed by atoms with Crippen LogP contribution >= 0.6 is 0 Å². The molecule has 19 nitrogen and oxygen atoms in total. The standard InChI is InChI=1S/C25H23N3O5.C25H30N2O4.C23H27NO4/c1-32-21-10-9-15(12-22(21)33-20-8-3-2-7-19(20)25(27)31)17-13-23(29)28(14-17)18-6-4-5-16(11-18)24(26)30;1-3-26-25(29)18-7-6-8-20(13-18)27-16-19(15-24(27)28)17-11-12-22(30-2)23(14-17)31-21-9-4-5-10-21;1-27-21-10-9-17(12-22(21)28-20-7-2-3-8-20)18-13-23(26)24(14-18)19-6-4-5-16(11-19)15-25/h2-12,17H,13-14H2,1H3,(H2,26,30)(H2,27,31);6-8,11-14,19,21H,3-5,9-10,15-16H2,1-2H3,(H,26,29);4-6,9-12,18,20,25H,2-3,7-8,13-15H2,1H3/t17-;19-;18-/m000/s1. The van der Waals surface area contributed by atoms with Crippen molar-refractivity contribution in [3.8, 4) is 40.2 Å².